The van der Waals surface area contributed by atoms with Crippen molar-refractivity contribution in [2.24, 2.45) is 0 Å². The summed E-state index contributed by atoms with van der Waals surface area (Å²) < 4.78 is 23.1. The Bertz CT molecular complexity index is 997. The number of thioether (sulfide) groups is 1. The third-order valence-corrected chi connectivity index (χ3v) is 6.30. The van der Waals surface area contributed by atoms with Gasteiger partial charge >= 0.3 is 0 Å². The summed E-state index contributed by atoms with van der Waals surface area (Å²) in [6.45, 7) is 2.26. The van der Waals surface area contributed by atoms with Crippen molar-refractivity contribution in [2.75, 3.05) is 24.7 Å². The standard InChI is InChI=1S/C18H20ClN3O5S2/c1-12(28-14-5-3-13(19)4-6-14)18(23)21-10-9-20-16-8-7-15(29(2,26)27)11-17(16)22(24)25/h3-8,11-12,20H,9-10H2,1-2H3,(H,21,23). The smallest absolute Gasteiger partial charge is 0.293 e. The molecule has 1 amide bonds. The van der Waals surface area contributed by atoms with Gasteiger partial charge in [-0.3, -0.25) is 14.9 Å². The highest BCUT2D eigenvalue weighted by Gasteiger charge is 2.19. The van der Waals surface area contributed by atoms with E-state index in [1.165, 1.54) is 23.9 Å². The highest BCUT2D eigenvalue weighted by molar-refractivity contribution is 8.00. The van der Waals surface area contributed by atoms with Gasteiger partial charge < -0.3 is 10.6 Å². The first-order valence-electron chi connectivity index (χ1n) is 8.50. The van der Waals surface area contributed by atoms with E-state index in [-0.39, 0.29) is 40.5 Å². The lowest BCUT2D eigenvalue weighted by atomic mass is 10.2. The predicted molar refractivity (Wildman–Crippen MR) is 114 cm³/mol. The molecule has 0 aliphatic rings. The van der Waals surface area contributed by atoms with E-state index in [1.807, 2.05) is 12.1 Å². The number of amides is 1. The van der Waals surface area contributed by atoms with Crippen molar-refractivity contribution in [3.05, 3.63) is 57.6 Å². The Labute approximate surface area is 178 Å². The van der Waals surface area contributed by atoms with Crippen LogP contribution in [0.15, 0.2) is 52.3 Å². The van der Waals surface area contributed by atoms with Crippen LogP contribution in [0.1, 0.15) is 6.92 Å². The van der Waals surface area contributed by atoms with Gasteiger partial charge in [0.05, 0.1) is 15.1 Å². The van der Waals surface area contributed by atoms with Crippen molar-refractivity contribution >= 4 is 50.5 Å². The van der Waals surface area contributed by atoms with Crippen molar-refractivity contribution < 1.29 is 18.1 Å². The van der Waals surface area contributed by atoms with Crippen LogP contribution in [0.4, 0.5) is 11.4 Å². The van der Waals surface area contributed by atoms with Crippen molar-refractivity contribution in [2.45, 2.75) is 22.0 Å². The Balaban J connectivity index is 1.88. The maximum Gasteiger partial charge on any atom is 0.293 e. The molecular formula is C18H20ClN3O5S2. The van der Waals surface area contributed by atoms with Gasteiger partial charge in [-0.2, -0.15) is 0 Å². The lowest BCUT2D eigenvalue weighted by Gasteiger charge is -2.13. The molecular weight excluding hydrogens is 438 g/mol. The number of hydrogen-bond donors (Lipinski definition) is 2. The molecule has 156 valence electrons. The Kier molecular flexibility index (Phi) is 7.88. The first kappa shape index (κ1) is 23.0. The molecule has 2 N–H and O–H groups in total. The van der Waals surface area contributed by atoms with Crippen LogP contribution in [0.5, 0.6) is 0 Å². The molecule has 1 unspecified atom stereocenters. The molecule has 2 aromatic rings. The van der Waals surface area contributed by atoms with E-state index in [2.05, 4.69) is 10.6 Å². The number of nitro groups is 1. The summed E-state index contributed by atoms with van der Waals surface area (Å²) in [5.41, 5.74) is -0.161. The summed E-state index contributed by atoms with van der Waals surface area (Å²) >= 11 is 7.23. The second-order valence-corrected chi connectivity index (χ2v) is 10.0. The zero-order valence-electron chi connectivity index (χ0n) is 15.7. The second-order valence-electron chi connectivity index (χ2n) is 6.14. The van der Waals surface area contributed by atoms with E-state index in [4.69, 9.17) is 11.6 Å². The SMILES string of the molecule is CC(Sc1ccc(Cl)cc1)C(=O)NCCNc1ccc(S(C)(=O)=O)cc1[N+](=O)[O-]. The predicted octanol–water partition coefficient (Wildman–Crippen LogP) is 3.36. The second kappa shape index (κ2) is 9.95. The lowest BCUT2D eigenvalue weighted by molar-refractivity contribution is -0.384. The van der Waals surface area contributed by atoms with E-state index < -0.39 is 14.8 Å². The van der Waals surface area contributed by atoms with Crippen LogP contribution in [0.2, 0.25) is 5.02 Å². The maximum atomic E-state index is 12.2. The number of sulfone groups is 1. The van der Waals surface area contributed by atoms with Gasteiger partial charge in [-0.05, 0) is 43.3 Å². The van der Waals surface area contributed by atoms with E-state index in [1.54, 1.807) is 19.1 Å². The first-order chi connectivity index (χ1) is 13.6. The number of hydrogen-bond acceptors (Lipinski definition) is 7. The zero-order chi connectivity index (χ0) is 21.6. The molecule has 11 heteroatoms. The van der Waals surface area contributed by atoms with Gasteiger partial charge in [0.15, 0.2) is 9.84 Å². The van der Waals surface area contributed by atoms with Crippen LogP contribution >= 0.6 is 23.4 Å². The van der Waals surface area contributed by atoms with Crippen LogP contribution in [0.25, 0.3) is 0 Å². The molecule has 2 rings (SSSR count). The van der Waals surface area contributed by atoms with Crippen molar-refractivity contribution in [1.82, 2.24) is 5.32 Å². The number of benzene rings is 2. The average Bonchev–Trinajstić information content (AvgIpc) is 2.65. The number of carbonyl (C=O) groups excluding carboxylic acids is 1. The molecule has 0 heterocycles. The van der Waals surface area contributed by atoms with E-state index in [0.29, 0.717) is 5.02 Å². The van der Waals surface area contributed by atoms with Crippen LogP contribution in [0.3, 0.4) is 0 Å². The number of halogens is 1. The molecule has 0 radical (unpaired) electrons. The quantitative estimate of drug-likeness (QED) is 0.256. The molecule has 1 atom stereocenters. The zero-order valence-corrected chi connectivity index (χ0v) is 18.1. The number of nitrogens with zero attached hydrogens (tertiary/aromatic N) is 1. The molecule has 0 saturated heterocycles. The fourth-order valence-electron chi connectivity index (χ4n) is 2.34. The van der Waals surface area contributed by atoms with Crippen LogP contribution in [-0.2, 0) is 14.6 Å². The number of nitro benzene ring substituents is 1. The fraction of sp³-hybridized carbons (Fsp3) is 0.278. The van der Waals surface area contributed by atoms with Gasteiger partial charge in [0.25, 0.3) is 5.69 Å². The Morgan fingerprint density at radius 2 is 1.86 bits per heavy atom. The number of rotatable bonds is 9. The first-order valence-corrected chi connectivity index (χ1v) is 11.6. The number of anilines is 1. The minimum atomic E-state index is -3.55. The van der Waals surface area contributed by atoms with E-state index in [9.17, 15) is 23.3 Å². The molecule has 8 nitrogen and oxygen atoms in total. The van der Waals surface area contributed by atoms with Crippen molar-refractivity contribution in [3.63, 3.8) is 0 Å². The van der Waals surface area contributed by atoms with Crippen molar-refractivity contribution in [3.8, 4) is 0 Å². The molecule has 0 spiro atoms. The minimum absolute atomic E-state index is 0.129. The van der Waals surface area contributed by atoms with Gasteiger partial charge in [0.1, 0.15) is 5.69 Å². The molecule has 0 fully saturated rings. The highest BCUT2D eigenvalue weighted by atomic mass is 35.5. The monoisotopic (exact) mass is 457 g/mol. The molecule has 0 aliphatic heterocycles. The number of carbonyl (C=O) groups is 1. The summed E-state index contributed by atoms with van der Waals surface area (Å²) in [5, 5.41) is 17.1. The lowest BCUT2D eigenvalue weighted by Crippen LogP contribution is -2.34. The Morgan fingerprint density at radius 1 is 1.21 bits per heavy atom. The van der Waals surface area contributed by atoms with E-state index in [0.717, 1.165) is 17.2 Å². The average molecular weight is 458 g/mol. The molecule has 0 aliphatic carbocycles. The van der Waals surface area contributed by atoms with Crippen molar-refractivity contribution in [1.29, 1.82) is 0 Å². The minimum Gasteiger partial charge on any atom is -0.378 e. The summed E-state index contributed by atoms with van der Waals surface area (Å²) in [6.07, 6.45) is 0.984. The van der Waals surface area contributed by atoms with Crippen LogP contribution < -0.4 is 10.6 Å². The Hall–Kier alpha value is -2.30. The summed E-state index contributed by atoms with van der Waals surface area (Å²) in [6, 6.07) is 10.8. The van der Waals surface area contributed by atoms with Gasteiger partial charge in [-0.15, -0.1) is 11.8 Å². The third-order valence-electron chi connectivity index (χ3n) is 3.83. The Morgan fingerprint density at radius 3 is 2.45 bits per heavy atom. The van der Waals surface area contributed by atoms with Gasteiger partial charge in [-0.1, -0.05) is 11.6 Å². The highest BCUT2D eigenvalue weighted by Crippen LogP contribution is 2.27. The normalized spacial score (nSPS) is 12.2. The molecule has 0 saturated carbocycles. The summed E-state index contributed by atoms with van der Waals surface area (Å²) in [5.74, 6) is -0.173. The topological polar surface area (TPSA) is 118 Å². The summed E-state index contributed by atoms with van der Waals surface area (Å²) in [4.78, 5) is 23.5. The summed E-state index contributed by atoms with van der Waals surface area (Å²) in [7, 11) is -3.55. The van der Waals surface area contributed by atoms with Gasteiger partial charge in [-0.25, -0.2) is 8.42 Å². The molecule has 0 aromatic heterocycles. The van der Waals surface area contributed by atoms with E-state index >= 15 is 0 Å². The number of nitrogens with one attached hydrogen (secondary N) is 2. The largest absolute Gasteiger partial charge is 0.378 e. The maximum absolute atomic E-state index is 12.2. The fourth-order valence-corrected chi connectivity index (χ4v) is 4.00. The molecule has 0 bridgehead atoms. The van der Waals surface area contributed by atoms with Crippen LogP contribution in [0, 0.1) is 10.1 Å². The molecule has 2 aromatic carbocycles. The van der Waals surface area contributed by atoms with Gasteiger partial charge in [0, 0.05) is 35.3 Å². The molecule has 29 heavy (non-hydrogen) atoms. The van der Waals surface area contributed by atoms with Gasteiger partial charge in [0.2, 0.25) is 5.91 Å². The van der Waals surface area contributed by atoms with Crippen LogP contribution in [-0.4, -0.2) is 43.8 Å². The third kappa shape index (κ3) is 6.91.